The van der Waals surface area contributed by atoms with E-state index in [4.69, 9.17) is 5.73 Å². The molecule has 0 bridgehead atoms. The second kappa shape index (κ2) is 5.70. The lowest BCUT2D eigenvalue weighted by atomic mass is 9.87. The third-order valence-electron chi connectivity index (χ3n) is 4.19. The second-order valence-electron chi connectivity index (χ2n) is 5.83. The second-order valence-corrected chi connectivity index (χ2v) is 5.83. The molecule has 2 aromatic rings. The highest BCUT2D eigenvalue weighted by Gasteiger charge is 2.29. The fraction of sp³-hybridized carbons (Fsp3) is 0.278. The smallest absolute Gasteiger partial charge is 0.241 e. The number of benzene rings is 2. The molecular formula is C18H20N2O. The Morgan fingerprint density at radius 1 is 1.14 bits per heavy atom. The number of para-hydroxylation sites is 1. The summed E-state index contributed by atoms with van der Waals surface area (Å²) in [6, 6.07) is 15.9. The van der Waals surface area contributed by atoms with Crippen LogP contribution in [0, 0.1) is 12.8 Å². The van der Waals surface area contributed by atoms with E-state index < -0.39 is 6.04 Å². The van der Waals surface area contributed by atoms with E-state index in [0.29, 0.717) is 0 Å². The van der Waals surface area contributed by atoms with E-state index >= 15 is 0 Å². The molecule has 2 aromatic carbocycles. The van der Waals surface area contributed by atoms with Crippen molar-refractivity contribution in [2.75, 3.05) is 5.32 Å². The van der Waals surface area contributed by atoms with Crippen molar-refractivity contribution in [3.05, 3.63) is 65.2 Å². The summed E-state index contributed by atoms with van der Waals surface area (Å²) < 4.78 is 0. The lowest BCUT2D eigenvalue weighted by Gasteiger charge is -2.20. The average molecular weight is 280 g/mol. The number of amides is 1. The summed E-state index contributed by atoms with van der Waals surface area (Å²) in [6.45, 7) is 2.07. The Hall–Kier alpha value is -2.13. The van der Waals surface area contributed by atoms with E-state index in [1.165, 1.54) is 11.1 Å². The normalized spacial score (nSPS) is 21.3. The molecule has 0 spiro atoms. The number of nitrogens with two attached hydrogens (primary N) is 1. The molecule has 3 N–H and O–H groups in total. The number of nitrogens with one attached hydrogen (secondary N) is 1. The monoisotopic (exact) mass is 280 g/mol. The predicted octanol–water partition coefficient (Wildman–Crippen LogP) is 2.68. The van der Waals surface area contributed by atoms with Crippen LogP contribution in [0.5, 0.6) is 0 Å². The molecule has 0 saturated carbocycles. The lowest BCUT2D eigenvalue weighted by molar-refractivity contribution is -0.118. The Kier molecular flexibility index (Phi) is 3.76. The largest absolute Gasteiger partial charge is 0.324 e. The van der Waals surface area contributed by atoms with Gasteiger partial charge in [0, 0.05) is 5.69 Å². The van der Waals surface area contributed by atoms with Gasteiger partial charge >= 0.3 is 0 Å². The quantitative estimate of drug-likeness (QED) is 0.888. The van der Waals surface area contributed by atoms with E-state index in [-0.39, 0.29) is 11.8 Å². The SMILES string of the molecule is Cc1ccc(CC2Cc3ccccc3NC(=O)C2N)cc1. The lowest BCUT2D eigenvalue weighted by Crippen LogP contribution is -2.42. The van der Waals surface area contributed by atoms with E-state index in [2.05, 4.69) is 42.6 Å². The zero-order valence-electron chi connectivity index (χ0n) is 12.2. The Morgan fingerprint density at radius 2 is 1.86 bits per heavy atom. The third-order valence-corrected chi connectivity index (χ3v) is 4.19. The molecule has 2 unspecified atom stereocenters. The van der Waals surface area contributed by atoms with Crippen LogP contribution in [0.3, 0.4) is 0 Å². The molecule has 3 nitrogen and oxygen atoms in total. The van der Waals surface area contributed by atoms with Crippen molar-refractivity contribution in [1.29, 1.82) is 0 Å². The Balaban J connectivity index is 1.86. The Bertz CT molecular complexity index is 649. The molecule has 0 aromatic heterocycles. The first-order valence-electron chi connectivity index (χ1n) is 7.33. The van der Waals surface area contributed by atoms with Gasteiger partial charge in [-0.05, 0) is 42.9 Å². The number of rotatable bonds is 2. The van der Waals surface area contributed by atoms with Crippen LogP contribution in [0.4, 0.5) is 5.69 Å². The van der Waals surface area contributed by atoms with Gasteiger partial charge in [0.15, 0.2) is 0 Å². The Labute approximate surface area is 125 Å². The van der Waals surface area contributed by atoms with Crippen molar-refractivity contribution < 1.29 is 4.79 Å². The topological polar surface area (TPSA) is 55.1 Å². The minimum absolute atomic E-state index is 0.0861. The predicted molar refractivity (Wildman–Crippen MR) is 85.1 cm³/mol. The molecular weight excluding hydrogens is 260 g/mol. The van der Waals surface area contributed by atoms with Crippen molar-refractivity contribution in [2.45, 2.75) is 25.8 Å². The van der Waals surface area contributed by atoms with Crippen molar-refractivity contribution in [2.24, 2.45) is 11.7 Å². The molecule has 0 radical (unpaired) electrons. The van der Waals surface area contributed by atoms with Crippen LogP contribution in [0.1, 0.15) is 16.7 Å². The van der Waals surface area contributed by atoms with E-state index in [1.54, 1.807) is 0 Å². The number of carbonyl (C=O) groups excluding carboxylic acids is 1. The molecule has 1 aliphatic rings. The van der Waals surface area contributed by atoms with Gasteiger partial charge in [-0.25, -0.2) is 0 Å². The molecule has 3 heteroatoms. The number of hydrogen-bond donors (Lipinski definition) is 2. The number of anilines is 1. The van der Waals surface area contributed by atoms with Gasteiger partial charge in [0.25, 0.3) is 0 Å². The maximum absolute atomic E-state index is 12.2. The molecule has 3 rings (SSSR count). The number of carbonyl (C=O) groups is 1. The van der Waals surface area contributed by atoms with Gasteiger partial charge in [0.05, 0.1) is 6.04 Å². The summed E-state index contributed by atoms with van der Waals surface area (Å²) >= 11 is 0. The average Bonchev–Trinajstić information content (AvgIpc) is 2.60. The minimum atomic E-state index is -0.473. The molecule has 0 aliphatic carbocycles. The van der Waals surface area contributed by atoms with Crippen LogP contribution in [0.25, 0.3) is 0 Å². The van der Waals surface area contributed by atoms with E-state index in [0.717, 1.165) is 24.1 Å². The van der Waals surface area contributed by atoms with E-state index in [1.807, 2.05) is 18.2 Å². The van der Waals surface area contributed by atoms with Gasteiger partial charge < -0.3 is 11.1 Å². The van der Waals surface area contributed by atoms with Crippen LogP contribution >= 0.6 is 0 Å². The molecule has 108 valence electrons. The maximum Gasteiger partial charge on any atom is 0.241 e. The highest BCUT2D eigenvalue weighted by Crippen LogP contribution is 2.26. The Morgan fingerprint density at radius 3 is 2.62 bits per heavy atom. The number of aryl methyl sites for hydroxylation is 1. The first kappa shape index (κ1) is 13.8. The zero-order chi connectivity index (χ0) is 14.8. The summed E-state index contributed by atoms with van der Waals surface area (Å²) in [4.78, 5) is 12.2. The summed E-state index contributed by atoms with van der Waals surface area (Å²) in [5, 5.41) is 2.93. The maximum atomic E-state index is 12.2. The standard InChI is InChI=1S/C18H20N2O/c1-12-6-8-13(9-7-12)10-15-11-14-4-2-3-5-16(14)20-18(21)17(15)19/h2-9,15,17H,10-11,19H2,1H3,(H,20,21). The van der Waals surface area contributed by atoms with Crippen LogP contribution in [0.15, 0.2) is 48.5 Å². The van der Waals surface area contributed by atoms with Gasteiger partial charge in [-0.2, -0.15) is 0 Å². The molecule has 1 amide bonds. The molecule has 1 aliphatic heterocycles. The van der Waals surface area contributed by atoms with Crippen LogP contribution in [0.2, 0.25) is 0 Å². The summed E-state index contributed by atoms with van der Waals surface area (Å²) in [7, 11) is 0. The zero-order valence-corrected chi connectivity index (χ0v) is 12.2. The molecule has 1 heterocycles. The van der Waals surface area contributed by atoms with Crippen LogP contribution in [-0.2, 0) is 17.6 Å². The van der Waals surface area contributed by atoms with Crippen molar-refractivity contribution in [3.8, 4) is 0 Å². The first-order valence-corrected chi connectivity index (χ1v) is 7.33. The van der Waals surface area contributed by atoms with Gasteiger partial charge in [-0.15, -0.1) is 0 Å². The van der Waals surface area contributed by atoms with Gasteiger partial charge in [0.1, 0.15) is 0 Å². The molecule has 0 saturated heterocycles. The number of hydrogen-bond acceptors (Lipinski definition) is 2. The van der Waals surface area contributed by atoms with Crippen molar-refractivity contribution >= 4 is 11.6 Å². The summed E-state index contributed by atoms with van der Waals surface area (Å²) in [5.74, 6) is 0.0356. The van der Waals surface area contributed by atoms with Crippen molar-refractivity contribution in [1.82, 2.24) is 0 Å². The fourth-order valence-electron chi connectivity index (χ4n) is 2.89. The first-order chi connectivity index (χ1) is 10.1. The van der Waals surface area contributed by atoms with Gasteiger partial charge in [-0.1, -0.05) is 48.0 Å². The molecule has 0 fully saturated rings. The van der Waals surface area contributed by atoms with Gasteiger partial charge in [-0.3, -0.25) is 4.79 Å². The van der Waals surface area contributed by atoms with Crippen LogP contribution in [-0.4, -0.2) is 11.9 Å². The fourth-order valence-corrected chi connectivity index (χ4v) is 2.89. The molecule has 2 atom stereocenters. The minimum Gasteiger partial charge on any atom is -0.324 e. The van der Waals surface area contributed by atoms with Crippen molar-refractivity contribution in [3.63, 3.8) is 0 Å². The summed E-state index contributed by atoms with van der Waals surface area (Å²) in [6.07, 6.45) is 1.65. The number of fused-ring (bicyclic) bond motifs is 1. The highest BCUT2D eigenvalue weighted by molar-refractivity contribution is 5.96. The highest BCUT2D eigenvalue weighted by atomic mass is 16.2. The van der Waals surface area contributed by atoms with Crippen LogP contribution < -0.4 is 11.1 Å². The third kappa shape index (κ3) is 2.98. The molecule has 21 heavy (non-hydrogen) atoms. The van der Waals surface area contributed by atoms with E-state index in [9.17, 15) is 4.79 Å². The summed E-state index contributed by atoms with van der Waals surface area (Å²) in [5.41, 5.74) is 10.7. The van der Waals surface area contributed by atoms with Gasteiger partial charge in [0.2, 0.25) is 5.91 Å².